The Morgan fingerprint density at radius 1 is 1.25 bits per heavy atom. The first kappa shape index (κ1) is 15.2. The van der Waals surface area contributed by atoms with Crippen LogP contribution in [0.5, 0.6) is 0 Å². The molecule has 1 aromatic carbocycles. The van der Waals surface area contributed by atoms with Crippen LogP contribution in [0.15, 0.2) is 64.3 Å². The van der Waals surface area contributed by atoms with Crippen molar-refractivity contribution in [3.05, 3.63) is 75.9 Å². The van der Waals surface area contributed by atoms with Gasteiger partial charge in [-0.1, -0.05) is 23.9 Å². The zero-order valence-corrected chi connectivity index (χ0v) is 14.5. The van der Waals surface area contributed by atoms with Crippen LogP contribution < -0.4 is 5.56 Å². The van der Waals surface area contributed by atoms with E-state index in [0.717, 1.165) is 21.5 Å². The SMILES string of the molecule is Cc1cccc(-n2ccnc2SCc2cc(=O)n3ccsc3n2)c1. The fourth-order valence-corrected chi connectivity index (χ4v) is 4.08. The molecule has 0 unspecified atom stereocenters. The Kier molecular flexibility index (Phi) is 3.95. The number of thioether (sulfide) groups is 1. The zero-order valence-electron chi connectivity index (χ0n) is 12.9. The van der Waals surface area contributed by atoms with E-state index < -0.39 is 0 Å². The number of aromatic nitrogens is 4. The van der Waals surface area contributed by atoms with Gasteiger partial charge in [-0.25, -0.2) is 9.97 Å². The first-order chi connectivity index (χ1) is 11.7. The lowest BCUT2D eigenvalue weighted by molar-refractivity contribution is 0.892. The Labute approximate surface area is 146 Å². The molecule has 3 heterocycles. The molecule has 3 aromatic heterocycles. The highest BCUT2D eigenvalue weighted by atomic mass is 32.2. The summed E-state index contributed by atoms with van der Waals surface area (Å²) in [6, 6.07) is 9.87. The van der Waals surface area contributed by atoms with Gasteiger partial charge in [0.05, 0.1) is 5.69 Å². The smallest absolute Gasteiger partial charge is 0.258 e. The molecule has 120 valence electrons. The lowest BCUT2D eigenvalue weighted by Crippen LogP contribution is -2.12. The van der Waals surface area contributed by atoms with Gasteiger partial charge in [0.2, 0.25) is 0 Å². The van der Waals surface area contributed by atoms with Gasteiger partial charge in [0.25, 0.3) is 5.56 Å². The number of rotatable bonds is 4. The van der Waals surface area contributed by atoms with E-state index in [-0.39, 0.29) is 5.56 Å². The molecule has 24 heavy (non-hydrogen) atoms. The second-order valence-electron chi connectivity index (χ2n) is 5.35. The van der Waals surface area contributed by atoms with Crippen LogP contribution in [0.25, 0.3) is 10.6 Å². The quantitative estimate of drug-likeness (QED) is 0.526. The van der Waals surface area contributed by atoms with E-state index >= 15 is 0 Å². The van der Waals surface area contributed by atoms with E-state index in [1.807, 2.05) is 22.2 Å². The zero-order chi connectivity index (χ0) is 16.5. The van der Waals surface area contributed by atoms with Crippen molar-refractivity contribution in [1.82, 2.24) is 18.9 Å². The van der Waals surface area contributed by atoms with Crippen LogP contribution in [-0.2, 0) is 5.75 Å². The van der Waals surface area contributed by atoms with Crippen molar-refractivity contribution in [3.8, 4) is 5.69 Å². The second-order valence-corrected chi connectivity index (χ2v) is 7.16. The third-order valence-electron chi connectivity index (χ3n) is 3.59. The highest BCUT2D eigenvalue weighted by molar-refractivity contribution is 7.98. The molecule has 0 saturated carbocycles. The number of nitrogens with zero attached hydrogens (tertiary/aromatic N) is 4. The highest BCUT2D eigenvalue weighted by Crippen LogP contribution is 2.24. The summed E-state index contributed by atoms with van der Waals surface area (Å²) in [5, 5.41) is 2.75. The lowest BCUT2D eigenvalue weighted by Gasteiger charge is -2.08. The van der Waals surface area contributed by atoms with Crippen LogP contribution in [0, 0.1) is 6.92 Å². The van der Waals surface area contributed by atoms with E-state index in [2.05, 4.69) is 35.1 Å². The molecule has 0 N–H and O–H groups in total. The van der Waals surface area contributed by atoms with Gasteiger partial charge >= 0.3 is 0 Å². The molecular weight excluding hydrogens is 340 g/mol. The van der Waals surface area contributed by atoms with E-state index in [1.54, 1.807) is 34.6 Å². The maximum absolute atomic E-state index is 12.0. The lowest BCUT2D eigenvalue weighted by atomic mass is 10.2. The van der Waals surface area contributed by atoms with Gasteiger partial charge in [0, 0.05) is 41.5 Å². The molecule has 0 bridgehead atoms. The average Bonchev–Trinajstić information content (AvgIpc) is 3.22. The molecule has 0 aliphatic carbocycles. The Balaban J connectivity index is 1.60. The Morgan fingerprint density at radius 2 is 2.17 bits per heavy atom. The third-order valence-corrected chi connectivity index (χ3v) is 5.35. The average molecular weight is 354 g/mol. The standard InChI is InChI=1S/C17H14N4OS2/c1-12-3-2-4-14(9-12)20-6-5-18-16(20)24-11-13-10-15(22)21-7-8-23-17(21)19-13/h2-10H,11H2,1H3. The minimum Gasteiger partial charge on any atom is -0.295 e. The van der Waals surface area contributed by atoms with Crippen molar-refractivity contribution >= 4 is 28.1 Å². The molecule has 0 radical (unpaired) electrons. The number of benzene rings is 1. The van der Waals surface area contributed by atoms with Gasteiger partial charge in [-0.15, -0.1) is 11.3 Å². The van der Waals surface area contributed by atoms with E-state index in [9.17, 15) is 4.79 Å². The maximum atomic E-state index is 12.0. The Morgan fingerprint density at radius 3 is 3.04 bits per heavy atom. The van der Waals surface area contributed by atoms with Crippen molar-refractivity contribution < 1.29 is 0 Å². The summed E-state index contributed by atoms with van der Waals surface area (Å²) in [5.74, 6) is 0.604. The number of thiazole rings is 1. The second kappa shape index (κ2) is 6.26. The summed E-state index contributed by atoms with van der Waals surface area (Å²) >= 11 is 3.04. The molecule has 0 aliphatic rings. The van der Waals surface area contributed by atoms with Crippen LogP contribution in [-0.4, -0.2) is 18.9 Å². The molecule has 0 fully saturated rings. The van der Waals surface area contributed by atoms with Crippen molar-refractivity contribution in [2.75, 3.05) is 0 Å². The topological polar surface area (TPSA) is 52.2 Å². The third kappa shape index (κ3) is 2.88. The number of imidazole rings is 1. The summed E-state index contributed by atoms with van der Waals surface area (Å²) in [6.45, 7) is 2.07. The Bertz CT molecular complexity index is 1060. The van der Waals surface area contributed by atoms with Crippen molar-refractivity contribution in [2.45, 2.75) is 17.8 Å². The van der Waals surface area contributed by atoms with E-state index in [0.29, 0.717) is 5.75 Å². The largest absolute Gasteiger partial charge is 0.295 e. The van der Waals surface area contributed by atoms with Crippen LogP contribution in [0.2, 0.25) is 0 Å². The molecule has 4 aromatic rings. The van der Waals surface area contributed by atoms with Crippen LogP contribution in [0.4, 0.5) is 0 Å². The molecule has 4 rings (SSSR count). The number of fused-ring (bicyclic) bond motifs is 1. The fourth-order valence-electron chi connectivity index (χ4n) is 2.47. The first-order valence-corrected chi connectivity index (χ1v) is 9.26. The van der Waals surface area contributed by atoms with Gasteiger partial charge in [-0.3, -0.25) is 13.8 Å². The molecule has 0 aliphatic heterocycles. The van der Waals surface area contributed by atoms with Crippen molar-refractivity contribution in [1.29, 1.82) is 0 Å². The molecule has 7 heteroatoms. The fraction of sp³-hybridized carbons (Fsp3) is 0.118. The summed E-state index contributed by atoms with van der Waals surface area (Å²) in [5.41, 5.74) is 3.01. The van der Waals surface area contributed by atoms with Crippen LogP contribution in [0.3, 0.4) is 0 Å². The molecule has 0 saturated heterocycles. The van der Waals surface area contributed by atoms with Gasteiger partial charge < -0.3 is 0 Å². The van der Waals surface area contributed by atoms with Gasteiger partial charge in [-0.05, 0) is 24.6 Å². The molecule has 0 atom stereocenters. The minimum atomic E-state index is -0.0427. The van der Waals surface area contributed by atoms with E-state index in [1.165, 1.54) is 16.9 Å². The van der Waals surface area contributed by atoms with Crippen LogP contribution in [0.1, 0.15) is 11.3 Å². The van der Waals surface area contributed by atoms with Crippen molar-refractivity contribution in [2.24, 2.45) is 0 Å². The summed E-state index contributed by atoms with van der Waals surface area (Å²) in [4.78, 5) is 21.7. The minimum absolute atomic E-state index is 0.0427. The van der Waals surface area contributed by atoms with Crippen LogP contribution >= 0.6 is 23.1 Å². The van der Waals surface area contributed by atoms with Crippen molar-refractivity contribution in [3.63, 3.8) is 0 Å². The van der Waals surface area contributed by atoms with E-state index in [4.69, 9.17) is 0 Å². The predicted molar refractivity (Wildman–Crippen MR) is 97.2 cm³/mol. The molecule has 0 amide bonds. The normalized spacial score (nSPS) is 11.2. The monoisotopic (exact) mass is 354 g/mol. The predicted octanol–water partition coefficient (Wildman–Crippen LogP) is 3.54. The Hall–Kier alpha value is -2.38. The molecule has 5 nitrogen and oxygen atoms in total. The summed E-state index contributed by atoms with van der Waals surface area (Å²) in [7, 11) is 0. The number of aryl methyl sites for hydroxylation is 1. The highest BCUT2D eigenvalue weighted by Gasteiger charge is 2.09. The molecule has 0 spiro atoms. The van der Waals surface area contributed by atoms with Gasteiger partial charge in [0.1, 0.15) is 0 Å². The maximum Gasteiger partial charge on any atom is 0.258 e. The molecular formula is C17H14N4OS2. The van der Waals surface area contributed by atoms with Gasteiger partial charge in [-0.2, -0.15) is 0 Å². The summed E-state index contributed by atoms with van der Waals surface area (Å²) < 4.78 is 3.61. The summed E-state index contributed by atoms with van der Waals surface area (Å²) in [6.07, 6.45) is 5.48. The number of hydrogen-bond acceptors (Lipinski definition) is 5. The first-order valence-electron chi connectivity index (χ1n) is 7.40. The van der Waals surface area contributed by atoms with Gasteiger partial charge in [0.15, 0.2) is 10.1 Å². The number of hydrogen-bond donors (Lipinski definition) is 0.